The van der Waals surface area contributed by atoms with Gasteiger partial charge in [-0.1, -0.05) is 0 Å². The molecule has 6 heteroatoms. The van der Waals surface area contributed by atoms with Crippen molar-refractivity contribution in [3.63, 3.8) is 0 Å². The van der Waals surface area contributed by atoms with Gasteiger partial charge in [0, 0.05) is 44.0 Å². The molecule has 0 radical (unpaired) electrons. The van der Waals surface area contributed by atoms with Crippen LogP contribution in [0, 0.1) is 21.4 Å². The van der Waals surface area contributed by atoms with E-state index in [2.05, 4.69) is 22.9 Å². The molecule has 0 spiro atoms. The first-order valence-electron chi connectivity index (χ1n) is 6.98. The van der Waals surface area contributed by atoms with E-state index in [0.29, 0.717) is 5.56 Å². The maximum Gasteiger partial charge on any atom is 0.271 e. The number of anilines is 1. The van der Waals surface area contributed by atoms with Crippen LogP contribution in [-0.4, -0.2) is 43.0 Å². The highest BCUT2D eigenvalue weighted by molar-refractivity contribution is 5.58. The lowest BCUT2D eigenvalue weighted by molar-refractivity contribution is -0.384. The number of likely N-dealkylation sites (N-methyl/N-ethyl adjacent to an activating group) is 1. The van der Waals surface area contributed by atoms with Gasteiger partial charge in [-0.15, -0.1) is 0 Å². The van der Waals surface area contributed by atoms with Crippen LogP contribution in [0.2, 0.25) is 0 Å². The minimum atomic E-state index is -0.743. The van der Waals surface area contributed by atoms with Crippen molar-refractivity contribution in [1.29, 1.82) is 5.26 Å². The SMILES string of the molecule is CN1CCN(c2cc([N+](=O)[O-])cc(C(C)(C)C#N)c2)CC1. The number of nitrogens with zero attached hydrogens (tertiary/aromatic N) is 4. The molecule has 1 aliphatic heterocycles. The minimum absolute atomic E-state index is 0.0461. The zero-order valence-electron chi connectivity index (χ0n) is 12.7. The number of hydrogen-bond donors (Lipinski definition) is 0. The van der Waals surface area contributed by atoms with Crippen LogP contribution in [0.25, 0.3) is 0 Å². The molecule has 1 saturated heterocycles. The summed E-state index contributed by atoms with van der Waals surface area (Å²) in [5.74, 6) is 0. The molecule has 0 bridgehead atoms. The van der Waals surface area contributed by atoms with Crippen LogP contribution in [0.4, 0.5) is 11.4 Å². The lowest BCUT2D eigenvalue weighted by Gasteiger charge is -2.34. The number of piperazine rings is 1. The van der Waals surface area contributed by atoms with Gasteiger partial charge in [-0.25, -0.2) is 0 Å². The minimum Gasteiger partial charge on any atom is -0.369 e. The van der Waals surface area contributed by atoms with Gasteiger partial charge in [-0.3, -0.25) is 10.1 Å². The molecule has 1 heterocycles. The van der Waals surface area contributed by atoms with Gasteiger partial charge >= 0.3 is 0 Å². The van der Waals surface area contributed by atoms with Gasteiger partial charge in [-0.05, 0) is 32.5 Å². The van der Waals surface area contributed by atoms with E-state index in [0.717, 1.165) is 31.9 Å². The Labute approximate surface area is 124 Å². The maximum absolute atomic E-state index is 11.2. The second-order valence-corrected chi connectivity index (χ2v) is 6.02. The zero-order chi connectivity index (χ0) is 15.6. The number of hydrogen-bond acceptors (Lipinski definition) is 5. The molecule has 0 saturated carbocycles. The highest BCUT2D eigenvalue weighted by Crippen LogP contribution is 2.31. The molecule has 0 aromatic heterocycles. The molecule has 6 nitrogen and oxygen atoms in total. The average Bonchev–Trinajstić information content (AvgIpc) is 2.47. The van der Waals surface area contributed by atoms with Crippen molar-refractivity contribution >= 4 is 11.4 Å². The molecular formula is C15H20N4O2. The van der Waals surface area contributed by atoms with Crippen molar-refractivity contribution in [3.05, 3.63) is 33.9 Å². The van der Waals surface area contributed by atoms with Gasteiger partial charge in [0.1, 0.15) is 0 Å². The van der Waals surface area contributed by atoms with Crippen LogP contribution >= 0.6 is 0 Å². The van der Waals surface area contributed by atoms with E-state index in [1.807, 2.05) is 6.07 Å². The summed E-state index contributed by atoms with van der Waals surface area (Å²) >= 11 is 0. The smallest absolute Gasteiger partial charge is 0.271 e. The third-order valence-corrected chi connectivity index (χ3v) is 3.98. The first-order valence-corrected chi connectivity index (χ1v) is 6.98. The Balaban J connectivity index is 2.42. The Morgan fingerprint density at radius 1 is 1.24 bits per heavy atom. The summed E-state index contributed by atoms with van der Waals surface area (Å²) in [5.41, 5.74) is 0.821. The van der Waals surface area contributed by atoms with Crippen molar-refractivity contribution in [3.8, 4) is 6.07 Å². The van der Waals surface area contributed by atoms with Gasteiger partial charge in [0.15, 0.2) is 0 Å². The number of rotatable bonds is 3. The lowest BCUT2D eigenvalue weighted by atomic mass is 9.85. The van der Waals surface area contributed by atoms with E-state index in [4.69, 9.17) is 0 Å². The molecule has 1 aliphatic rings. The average molecular weight is 288 g/mol. The molecule has 112 valence electrons. The standard InChI is InChI=1S/C15H20N4O2/c1-15(2,11-16)12-8-13(10-14(9-12)19(20)21)18-6-4-17(3)5-7-18/h8-10H,4-7H2,1-3H3. The molecule has 0 atom stereocenters. The molecule has 0 aliphatic carbocycles. The number of nitro benzene ring substituents is 1. The molecule has 21 heavy (non-hydrogen) atoms. The van der Waals surface area contributed by atoms with Crippen molar-refractivity contribution in [2.45, 2.75) is 19.3 Å². The fourth-order valence-corrected chi connectivity index (χ4v) is 2.37. The molecule has 0 unspecified atom stereocenters. The number of non-ortho nitro benzene ring substituents is 1. The Kier molecular flexibility index (Phi) is 4.14. The fourth-order valence-electron chi connectivity index (χ4n) is 2.37. The highest BCUT2D eigenvalue weighted by atomic mass is 16.6. The van der Waals surface area contributed by atoms with Crippen LogP contribution in [0.5, 0.6) is 0 Å². The molecule has 1 aromatic carbocycles. The van der Waals surface area contributed by atoms with Crippen LogP contribution in [0.1, 0.15) is 19.4 Å². The first kappa shape index (κ1) is 15.3. The van der Waals surface area contributed by atoms with E-state index in [1.165, 1.54) is 6.07 Å². The van der Waals surface area contributed by atoms with Crippen LogP contribution in [-0.2, 0) is 5.41 Å². The lowest BCUT2D eigenvalue weighted by Crippen LogP contribution is -2.44. The van der Waals surface area contributed by atoms with Crippen LogP contribution in [0.3, 0.4) is 0 Å². The number of nitriles is 1. The van der Waals surface area contributed by atoms with Crippen LogP contribution in [0.15, 0.2) is 18.2 Å². The van der Waals surface area contributed by atoms with Gasteiger partial charge < -0.3 is 9.80 Å². The summed E-state index contributed by atoms with van der Waals surface area (Å²) in [5, 5.41) is 20.4. The topological polar surface area (TPSA) is 73.4 Å². The second kappa shape index (κ2) is 5.70. The maximum atomic E-state index is 11.2. The quantitative estimate of drug-likeness (QED) is 0.629. The largest absolute Gasteiger partial charge is 0.369 e. The predicted molar refractivity (Wildman–Crippen MR) is 81.4 cm³/mol. The predicted octanol–water partition coefficient (Wildman–Crippen LogP) is 2.15. The van der Waals surface area contributed by atoms with Crippen LogP contribution < -0.4 is 4.90 Å². The highest BCUT2D eigenvalue weighted by Gasteiger charge is 2.25. The number of benzene rings is 1. The molecule has 1 fully saturated rings. The van der Waals surface area contributed by atoms with E-state index in [9.17, 15) is 15.4 Å². The van der Waals surface area contributed by atoms with E-state index < -0.39 is 10.3 Å². The summed E-state index contributed by atoms with van der Waals surface area (Å²) in [6, 6.07) is 7.22. The molecule has 0 N–H and O–H groups in total. The normalized spacial score (nSPS) is 16.6. The molecule has 2 rings (SSSR count). The van der Waals surface area contributed by atoms with Gasteiger partial charge in [0.25, 0.3) is 5.69 Å². The number of nitro groups is 1. The zero-order valence-corrected chi connectivity index (χ0v) is 12.7. The Bertz CT molecular complexity index is 584. The fraction of sp³-hybridized carbons (Fsp3) is 0.533. The summed E-state index contributed by atoms with van der Waals surface area (Å²) in [4.78, 5) is 15.1. The van der Waals surface area contributed by atoms with Gasteiger partial charge in [0.2, 0.25) is 0 Å². The molecule has 0 amide bonds. The summed E-state index contributed by atoms with van der Waals surface area (Å²) in [6.07, 6.45) is 0. The summed E-state index contributed by atoms with van der Waals surface area (Å²) in [7, 11) is 2.06. The molecule has 1 aromatic rings. The summed E-state index contributed by atoms with van der Waals surface area (Å²) in [6.45, 7) is 7.09. The second-order valence-electron chi connectivity index (χ2n) is 6.02. The van der Waals surface area contributed by atoms with Crippen molar-refractivity contribution in [2.24, 2.45) is 0 Å². The van der Waals surface area contributed by atoms with E-state index in [-0.39, 0.29) is 5.69 Å². The van der Waals surface area contributed by atoms with Gasteiger partial charge in [0.05, 0.1) is 16.4 Å². The third kappa shape index (κ3) is 3.31. The molecular weight excluding hydrogens is 268 g/mol. The van der Waals surface area contributed by atoms with E-state index >= 15 is 0 Å². The van der Waals surface area contributed by atoms with Crippen molar-refractivity contribution in [1.82, 2.24) is 4.90 Å². The first-order chi connectivity index (χ1) is 9.83. The Morgan fingerprint density at radius 3 is 2.38 bits per heavy atom. The Hall–Kier alpha value is -2.13. The monoisotopic (exact) mass is 288 g/mol. The van der Waals surface area contributed by atoms with Crippen molar-refractivity contribution in [2.75, 3.05) is 38.1 Å². The Morgan fingerprint density at radius 2 is 1.86 bits per heavy atom. The van der Waals surface area contributed by atoms with Crippen molar-refractivity contribution < 1.29 is 4.92 Å². The van der Waals surface area contributed by atoms with E-state index in [1.54, 1.807) is 19.9 Å². The summed E-state index contributed by atoms with van der Waals surface area (Å²) < 4.78 is 0. The third-order valence-electron chi connectivity index (χ3n) is 3.98. The van der Waals surface area contributed by atoms with Gasteiger partial charge in [-0.2, -0.15) is 5.26 Å².